The molecule has 2 N–H and O–H groups in total. The first-order valence-corrected chi connectivity index (χ1v) is 9.26. The number of carbonyl (C=O) groups is 1. The average Bonchev–Trinajstić information content (AvgIpc) is 3.34. The Bertz CT molecular complexity index is 766. The summed E-state index contributed by atoms with van der Waals surface area (Å²) in [5.41, 5.74) is 1.73. The smallest absolute Gasteiger partial charge is 0.319 e. The molecule has 2 aromatic rings. The SMILES string of the molecule is CC(C)n1cc2cc(NC(=O)N[C@@H]3CCO[C@@H](C4CC4)C3)ccc2n1. The maximum atomic E-state index is 12.3. The van der Waals surface area contributed by atoms with Crippen LogP contribution in [0.4, 0.5) is 10.5 Å². The molecule has 134 valence electrons. The zero-order valence-electron chi connectivity index (χ0n) is 14.9. The molecular weight excluding hydrogens is 316 g/mol. The molecule has 4 rings (SSSR count). The Labute approximate surface area is 147 Å². The summed E-state index contributed by atoms with van der Waals surface area (Å²) in [6.45, 7) is 4.94. The number of rotatable bonds is 4. The number of amides is 2. The summed E-state index contributed by atoms with van der Waals surface area (Å²) in [5.74, 6) is 0.715. The Morgan fingerprint density at radius 2 is 2.16 bits per heavy atom. The summed E-state index contributed by atoms with van der Waals surface area (Å²) in [5, 5.41) is 11.6. The minimum atomic E-state index is -0.142. The third-order valence-corrected chi connectivity index (χ3v) is 5.11. The van der Waals surface area contributed by atoms with Crippen LogP contribution in [-0.4, -0.2) is 34.6 Å². The third-order valence-electron chi connectivity index (χ3n) is 5.11. The van der Waals surface area contributed by atoms with Gasteiger partial charge in [-0.25, -0.2) is 4.79 Å². The van der Waals surface area contributed by atoms with Crippen LogP contribution < -0.4 is 10.6 Å². The van der Waals surface area contributed by atoms with Crippen LogP contribution in [0.3, 0.4) is 0 Å². The summed E-state index contributed by atoms with van der Waals surface area (Å²) < 4.78 is 7.76. The van der Waals surface area contributed by atoms with Gasteiger partial charge in [0.05, 0.1) is 11.6 Å². The van der Waals surface area contributed by atoms with Crippen molar-refractivity contribution >= 4 is 22.6 Å². The van der Waals surface area contributed by atoms with E-state index >= 15 is 0 Å². The lowest BCUT2D eigenvalue weighted by Gasteiger charge is -2.30. The van der Waals surface area contributed by atoms with Crippen LogP contribution in [0.1, 0.15) is 45.6 Å². The summed E-state index contributed by atoms with van der Waals surface area (Å²) >= 11 is 0. The van der Waals surface area contributed by atoms with E-state index in [4.69, 9.17) is 4.74 Å². The van der Waals surface area contributed by atoms with Crippen molar-refractivity contribution in [3.05, 3.63) is 24.4 Å². The fourth-order valence-corrected chi connectivity index (χ4v) is 3.50. The molecule has 2 fully saturated rings. The van der Waals surface area contributed by atoms with E-state index in [1.165, 1.54) is 12.8 Å². The van der Waals surface area contributed by atoms with Gasteiger partial charge in [0.2, 0.25) is 0 Å². The number of benzene rings is 1. The quantitative estimate of drug-likeness (QED) is 0.890. The number of fused-ring (bicyclic) bond motifs is 1. The molecule has 0 bridgehead atoms. The zero-order chi connectivity index (χ0) is 17.4. The van der Waals surface area contributed by atoms with Crippen molar-refractivity contribution in [2.45, 2.75) is 57.7 Å². The van der Waals surface area contributed by atoms with Gasteiger partial charge in [0.15, 0.2) is 0 Å². The van der Waals surface area contributed by atoms with Crippen LogP contribution in [-0.2, 0) is 4.74 Å². The van der Waals surface area contributed by atoms with Crippen LogP contribution in [0.25, 0.3) is 10.9 Å². The third kappa shape index (κ3) is 3.79. The predicted molar refractivity (Wildman–Crippen MR) is 97.8 cm³/mol. The van der Waals surface area contributed by atoms with E-state index in [1.807, 2.05) is 29.1 Å². The van der Waals surface area contributed by atoms with Crippen LogP contribution in [0.2, 0.25) is 0 Å². The molecule has 2 aliphatic rings. The van der Waals surface area contributed by atoms with E-state index in [0.717, 1.165) is 36.0 Å². The number of aromatic nitrogens is 2. The fourth-order valence-electron chi connectivity index (χ4n) is 3.50. The number of hydrogen-bond acceptors (Lipinski definition) is 3. The van der Waals surface area contributed by atoms with Crippen LogP contribution in [0.15, 0.2) is 24.4 Å². The topological polar surface area (TPSA) is 68.2 Å². The van der Waals surface area contributed by atoms with E-state index in [-0.39, 0.29) is 12.1 Å². The largest absolute Gasteiger partial charge is 0.378 e. The Morgan fingerprint density at radius 1 is 1.32 bits per heavy atom. The van der Waals surface area contributed by atoms with Crippen molar-refractivity contribution in [3.63, 3.8) is 0 Å². The van der Waals surface area contributed by atoms with Gasteiger partial charge >= 0.3 is 6.03 Å². The maximum absolute atomic E-state index is 12.3. The minimum Gasteiger partial charge on any atom is -0.378 e. The molecule has 1 saturated carbocycles. The maximum Gasteiger partial charge on any atom is 0.319 e. The molecule has 0 spiro atoms. The first-order chi connectivity index (χ1) is 12.1. The van der Waals surface area contributed by atoms with Crippen molar-refractivity contribution in [1.82, 2.24) is 15.1 Å². The Morgan fingerprint density at radius 3 is 2.92 bits per heavy atom. The van der Waals surface area contributed by atoms with Crippen molar-refractivity contribution in [3.8, 4) is 0 Å². The van der Waals surface area contributed by atoms with E-state index in [2.05, 4.69) is 29.6 Å². The molecular formula is C19H26N4O2. The second kappa shape index (κ2) is 6.67. The molecule has 0 unspecified atom stereocenters. The average molecular weight is 342 g/mol. The number of nitrogens with one attached hydrogen (secondary N) is 2. The Balaban J connectivity index is 1.37. The highest BCUT2D eigenvalue weighted by Gasteiger charge is 2.36. The number of hydrogen-bond donors (Lipinski definition) is 2. The Kier molecular flexibility index (Phi) is 4.37. The van der Waals surface area contributed by atoms with Crippen molar-refractivity contribution in [2.75, 3.05) is 11.9 Å². The molecule has 1 aromatic heterocycles. The van der Waals surface area contributed by atoms with Gasteiger partial charge in [-0.1, -0.05) is 0 Å². The standard InChI is InChI=1S/C19H26N4O2/c1-12(2)23-11-14-9-15(5-6-17(14)22-23)20-19(24)21-16-7-8-25-18(10-16)13-3-4-13/h5-6,9,11-13,16,18H,3-4,7-8,10H2,1-2H3,(H2,20,21,24)/t16-,18-/m1/s1. The lowest BCUT2D eigenvalue weighted by Crippen LogP contribution is -2.44. The summed E-state index contributed by atoms with van der Waals surface area (Å²) in [7, 11) is 0. The second-order valence-corrected chi connectivity index (χ2v) is 7.54. The highest BCUT2D eigenvalue weighted by molar-refractivity contribution is 5.92. The lowest BCUT2D eigenvalue weighted by atomic mass is 10.0. The molecule has 2 atom stereocenters. The minimum absolute atomic E-state index is 0.142. The summed E-state index contributed by atoms with van der Waals surface area (Å²) in [6, 6.07) is 6.19. The van der Waals surface area contributed by atoms with Crippen LogP contribution >= 0.6 is 0 Å². The monoisotopic (exact) mass is 342 g/mol. The van der Waals surface area contributed by atoms with Gasteiger partial charge in [0.1, 0.15) is 0 Å². The van der Waals surface area contributed by atoms with Gasteiger partial charge in [-0.2, -0.15) is 5.10 Å². The van der Waals surface area contributed by atoms with Gasteiger partial charge < -0.3 is 15.4 Å². The molecule has 1 aliphatic carbocycles. The molecule has 2 amide bonds. The van der Waals surface area contributed by atoms with Gasteiger partial charge in [0, 0.05) is 36.0 Å². The number of carbonyl (C=O) groups excluding carboxylic acids is 1. The molecule has 6 nitrogen and oxygen atoms in total. The molecule has 25 heavy (non-hydrogen) atoms. The molecule has 6 heteroatoms. The van der Waals surface area contributed by atoms with Gasteiger partial charge in [-0.05, 0) is 63.6 Å². The highest BCUT2D eigenvalue weighted by Crippen LogP contribution is 2.38. The summed E-state index contributed by atoms with van der Waals surface area (Å²) in [6.07, 6.45) is 6.70. The van der Waals surface area contributed by atoms with Crippen molar-refractivity contribution < 1.29 is 9.53 Å². The number of nitrogens with zero attached hydrogens (tertiary/aromatic N) is 2. The van der Waals surface area contributed by atoms with Crippen LogP contribution in [0.5, 0.6) is 0 Å². The summed E-state index contributed by atoms with van der Waals surface area (Å²) in [4.78, 5) is 12.3. The zero-order valence-corrected chi connectivity index (χ0v) is 14.9. The van der Waals surface area contributed by atoms with Crippen LogP contribution in [0, 0.1) is 5.92 Å². The van der Waals surface area contributed by atoms with Gasteiger partial charge in [-0.15, -0.1) is 0 Å². The number of urea groups is 1. The van der Waals surface area contributed by atoms with E-state index < -0.39 is 0 Å². The Hall–Kier alpha value is -2.08. The second-order valence-electron chi connectivity index (χ2n) is 7.54. The highest BCUT2D eigenvalue weighted by atomic mass is 16.5. The number of ether oxygens (including phenoxy) is 1. The predicted octanol–water partition coefficient (Wildman–Crippen LogP) is 3.70. The molecule has 2 heterocycles. The normalized spacial score (nSPS) is 23.8. The molecule has 0 radical (unpaired) electrons. The molecule has 1 aliphatic heterocycles. The van der Waals surface area contributed by atoms with Crippen molar-refractivity contribution in [2.24, 2.45) is 5.92 Å². The molecule has 1 saturated heterocycles. The molecule has 1 aromatic carbocycles. The first-order valence-electron chi connectivity index (χ1n) is 9.26. The number of anilines is 1. The van der Waals surface area contributed by atoms with E-state index in [9.17, 15) is 4.79 Å². The van der Waals surface area contributed by atoms with E-state index in [1.54, 1.807) is 0 Å². The van der Waals surface area contributed by atoms with Crippen molar-refractivity contribution in [1.29, 1.82) is 0 Å². The van der Waals surface area contributed by atoms with Gasteiger partial charge in [-0.3, -0.25) is 4.68 Å². The lowest BCUT2D eigenvalue weighted by molar-refractivity contribution is -0.00889. The van der Waals surface area contributed by atoms with E-state index in [0.29, 0.717) is 18.1 Å². The fraction of sp³-hybridized carbons (Fsp3) is 0.579. The first kappa shape index (κ1) is 16.4. The van der Waals surface area contributed by atoms with Gasteiger partial charge in [0.25, 0.3) is 0 Å².